The van der Waals surface area contributed by atoms with Gasteiger partial charge in [-0.25, -0.2) is 13.2 Å². The number of thiophene rings is 1. The highest BCUT2D eigenvalue weighted by Gasteiger charge is 2.26. The molecule has 33 heavy (non-hydrogen) atoms. The number of alkyl halides is 2. The summed E-state index contributed by atoms with van der Waals surface area (Å²) in [4.78, 5) is 35.9. The van der Waals surface area contributed by atoms with E-state index in [9.17, 15) is 31.6 Å². The van der Waals surface area contributed by atoms with Crippen LogP contribution in [0, 0.1) is 6.92 Å². The Morgan fingerprint density at radius 3 is 2.42 bits per heavy atom. The van der Waals surface area contributed by atoms with Crippen molar-refractivity contribution in [3.05, 3.63) is 64.9 Å². The molecule has 1 aromatic carbocycles. The summed E-state index contributed by atoms with van der Waals surface area (Å²) in [5.74, 6) is -5.47. The van der Waals surface area contributed by atoms with Crippen LogP contribution in [-0.2, 0) is 19.4 Å². The number of aryl methyl sites for hydroxylation is 1. The van der Waals surface area contributed by atoms with Crippen LogP contribution < -0.4 is 10.6 Å². The first-order chi connectivity index (χ1) is 15.6. The van der Waals surface area contributed by atoms with Gasteiger partial charge in [0.1, 0.15) is 4.88 Å². The van der Waals surface area contributed by atoms with Crippen molar-refractivity contribution in [3.8, 4) is 0 Å². The summed E-state index contributed by atoms with van der Waals surface area (Å²) in [6.07, 6.45) is 1.35. The van der Waals surface area contributed by atoms with Gasteiger partial charge in [0.05, 0.1) is 16.2 Å². The third-order valence-corrected chi connectivity index (χ3v) is 6.65. The molecule has 2 aromatic heterocycles. The zero-order valence-corrected chi connectivity index (χ0v) is 18.5. The predicted octanol–water partition coefficient (Wildman–Crippen LogP) is 3.69. The van der Waals surface area contributed by atoms with Gasteiger partial charge in [-0.1, -0.05) is 0 Å². The minimum absolute atomic E-state index is 0.0988. The minimum atomic E-state index is -4.74. The molecule has 9 nitrogen and oxygen atoms in total. The number of hydrogen-bond acceptors (Lipinski definition) is 8. The Hall–Kier alpha value is -3.58. The Kier molecular flexibility index (Phi) is 7.23. The van der Waals surface area contributed by atoms with E-state index in [1.165, 1.54) is 12.3 Å². The van der Waals surface area contributed by atoms with Crippen LogP contribution in [0.4, 0.5) is 19.5 Å². The molecule has 0 bridgehead atoms. The van der Waals surface area contributed by atoms with E-state index in [1.54, 1.807) is 19.1 Å². The standard InChI is InChI=1S/C20H16F2N2O7S2/c1-11-9-16(24-18(26)14-3-2-8-30-14)32-17(11)19(27)31-10-15(25)23-12-4-6-13(7-5-12)33(28,29)20(21)22/h2-9,20H,10H2,1H3,(H,23,25)(H,24,26). The minimum Gasteiger partial charge on any atom is -0.459 e. The molecule has 2 amide bonds. The van der Waals surface area contributed by atoms with E-state index in [0.29, 0.717) is 10.6 Å². The summed E-state index contributed by atoms with van der Waals surface area (Å²) in [6, 6.07) is 8.72. The van der Waals surface area contributed by atoms with Crippen molar-refractivity contribution in [3.63, 3.8) is 0 Å². The predicted molar refractivity (Wildman–Crippen MR) is 114 cm³/mol. The van der Waals surface area contributed by atoms with Gasteiger partial charge in [-0.15, -0.1) is 11.3 Å². The molecule has 0 spiro atoms. The lowest BCUT2D eigenvalue weighted by Crippen LogP contribution is -2.21. The van der Waals surface area contributed by atoms with E-state index < -0.39 is 44.9 Å². The molecule has 0 saturated carbocycles. The van der Waals surface area contributed by atoms with Gasteiger partial charge in [0.15, 0.2) is 12.4 Å². The molecule has 0 atom stereocenters. The Morgan fingerprint density at radius 2 is 1.82 bits per heavy atom. The highest BCUT2D eigenvalue weighted by molar-refractivity contribution is 7.91. The molecule has 0 radical (unpaired) electrons. The number of halogens is 2. The Bertz CT molecular complexity index is 1270. The SMILES string of the molecule is Cc1cc(NC(=O)c2ccco2)sc1C(=O)OCC(=O)Nc1ccc(S(=O)(=O)C(F)F)cc1. The van der Waals surface area contributed by atoms with Gasteiger partial charge in [0.2, 0.25) is 9.84 Å². The molecule has 2 heterocycles. The first-order valence-electron chi connectivity index (χ1n) is 9.12. The van der Waals surface area contributed by atoms with E-state index in [-0.39, 0.29) is 16.3 Å². The second kappa shape index (κ2) is 9.92. The van der Waals surface area contributed by atoms with Crippen LogP contribution in [0.15, 0.2) is 58.0 Å². The number of benzene rings is 1. The summed E-state index contributed by atoms with van der Waals surface area (Å²) >= 11 is 0.957. The highest BCUT2D eigenvalue weighted by atomic mass is 32.2. The number of rotatable bonds is 8. The lowest BCUT2D eigenvalue weighted by molar-refractivity contribution is -0.119. The van der Waals surface area contributed by atoms with Gasteiger partial charge >= 0.3 is 11.7 Å². The largest absolute Gasteiger partial charge is 0.459 e. The van der Waals surface area contributed by atoms with Crippen LogP contribution in [0.25, 0.3) is 0 Å². The highest BCUT2D eigenvalue weighted by Crippen LogP contribution is 2.28. The second-order valence-electron chi connectivity index (χ2n) is 6.51. The number of carbonyl (C=O) groups excluding carboxylic acids is 3. The molecular formula is C20H16F2N2O7S2. The van der Waals surface area contributed by atoms with Gasteiger partial charge in [-0.2, -0.15) is 8.78 Å². The average molecular weight is 498 g/mol. The zero-order chi connectivity index (χ0) is 24.2. The number of carbonyl (C=O) groups is 3. The van der Waals surface area contributed by atoms with Crippen molar-refractivity contribution in [2.24, 2.45) is 0 Å². The lowest BCUT2D eigenvalue weighted by atomic mass is 10.3. The third kappa shape index (κ3) is 5.81. The van der Waals surface area contributed by atoms with Crippen molar-refractivity contribution >= 4 is 49.6 Å². The Morgan fingerprint density at radius 1 is 1.12 bits per heavy atom. The molecule has 0 saturated heterocycles. The molecule has 13 heteroatoms. The fourth-order valence-corrected chi connectivity index (χ4v) is 4.23. The zero-order valence-electron chi connectivity index (χ0n) is 16.8. The summed E-state index contributed by atoms with van der Waals surface area (Å²) in [5, 5.41) is 5.32. The van der Waals surface area contributed by atoms with Crippen LogP contribution in [0.2, 0.25) is 0 Å². The number of nitrogens with one attached hydrogen (secondary N) is 2. The summed E-state index contributed by atoms with van der Waals surface area (Å²) in [5.41, 5.74) is 0.649. The van der Waals surface area contributed by atoms with Gasteiger partial charge in [-0.3, -0.25) is 9.59 Å². The smallest absolute Gasteiger partial charge is 0.349 e. The summed E-state index contributed by atoms with van der Waals surface area (Å²) in [7, 11) is -4.74. The molecule has 0 aliphatic heterocycles. The van der Waals surface area contributed by atoms with Gasteiger partial charge < -0.3 is 19.8 Å². The quantitative estimate of drug-likeness (QED) is 0.453. The maximum Gasteiger partial charge on any atom is 0.349 e. The summed E-state index contributed by atoms with van der Waals surface area (Å²) in [6.45, 7) is 0.978. The molecule has 2 N–H and O–H groups in total. The number of anilines is 2. The third-order valence-electron chi connectivity index (χ3n) is 4.12. The Labute approximate surface area is 190 Å². The van der Waals surface area contributed by atoms with Gasteiger partial charge in [0.25, 0.3) is 11.8 Å². The van der Waals surface area contributed by atoms with Gasteiger partial charge in [0, 0.05) is 5.69 Å². The van der Waals surface area contributed by atoms with E-state index >= 15 is 0 Å². The number of ether oxygens (including phenoxy) is 1. The Balaban J connectivity index is 1.55. The molecule has 0 unspecified atom stereocenters. The van der Waals surface area contributed by atoms with E-state index in [0.717, 1.165) is 35.6 Å². The lowest BCUT2D eigenvalue weighted by Gasteiger charge is -2.08. The number of esters is 1. The molecule has 174 valence electrons. The van der Waals surface area contributed by atoms with Crippen LogP contribution in [0.5, 0.6) is 0 Å². The topological polar surface area (TPSA) is 132 Å². The van der Waals surface area contributed by atoms with Crippen LogP contribution in [0.3, 0.4) is 0 Å². The van der Waals surface area contributed by atoms with E-state index in [2.05, 4.69) is 10.6 Å². The fraction of sp³-hybridized carbons (Fsp3) is 0.150. The number of hydrogen-bond donors (Lipinski definition) is 2. The molecule has 0 fully saturated rings. The monoisotopic (exact) mass is 498 g/mol. The number of amides is 2. The van der Waals surface area contributed by atoms with E-state index in [4.69, 9.17) is 9.15 Å². The molecule has 3 rings (SSSR count). The molecule has 3 aromatic rings. The number of sulfone groups is 1. The van der Waals surface area contributed by atoms with Crippen LogP contribution >= 0.6 is 11.3 Å². The van der Waals surface area contributed by atoms with Crippen molar-refractivity contribution in [1.29, 1.82) is 0 Å². The van der Waals surface area contributed by atoms with Crippen molar-refractivity contribution in [2.45, 2.75) is 17.6 Å². The van der Waals surface area contributed by atoms with Crippen molar-refractivity contribution in [1.82, 2.24) is 0 Å². The molecular weight excluding hydrogens is 482 g/mol. The van der Waals surface area contributed by atoms with Gasteiger partial charge in [-0.05, 0) is 55.0 Å². The first kappa shape index (κ1) is 24.1. The summed E-state index contributed by atoms with van der Waals surface area (Å²) < 4.78 is 57.9. The van der Waals surface area contributed by atoms with Crippen LogP contribution in [-0.4, -0.2) is 38.6 Å². The first-order valence-corrected chi connectivity index (χ1v) is 11.5. The molecule has 0 aliphatic carbocycles. The maximum atomic E-state index is 12.6. The van der Waals surface area contributed by atoms with Crippen molar-refractivity contribution in [2.75, 3.05) is 17.2 Å². The normalized spacial score (nSPS) is 11.3. The fourth-order valence-electron chi connectivity index (χ4n) is 2.55. The average Bonchev–Trinajstić information content (AvgIpc) is 3.42. The number of furan rings is 1. The van der Waals surface area contributed by atoms with Crippen LogP contribution in [0.1, 0.15) is 25.8 Å². The van der Waals surface area contributed by atoms with Crippen molar-refractivity contribution < 1.29 is 40.7 Å². The maximum absolute atomic E-state index is 12.6. The molecule has 0 aliphatic rings. The second-order valence-corrected chi connectivity index (χ2v) is 9.48. The van der Waals surface area contributed by atoms with E-state index in [1.807, 2.05) is 0 Å².